The zero-order chi connectivity index (χ0) is 20.6. The molecule has 0 radical (unpaired) electrons. The monoisotopic (exact) mass is 407 g/mol. The maximum Gasteiger partial charge on any atom is 0.257 e. The Hall–Kier alpha value is -2.84. The molecule has 1 spiro atoms. The van der Waals surface area contributed by atoms with E-state index in [9.17, 15) is 9.59 Å². The number of nitrogens with zero attached hydrogens (tertiary/aromatic N) is 5. The van der Waals surface area contributed by atoms with Gasteiger partial charge in [-0.15, -0.1) is 0 Å². The summed E-state index contributed by atoms with van der Waals surface area (Å²) in [6.07, 6.45) is 6.05. The summed E-state index contributed by atoms with van der Waals surface area (Å²) >= 11 is 0. The zero-order valence-electron chi connectivity index (χ0n) is 16.8. The first-order chi connectivity index (χ1) is 14.7. The highest BCUT2D eigenvalue weighted by Crippen LogP contribution is 2.42. The number of benzene rings is 1. The number of rotatable bonds is 3. The fraction of sp³-hybridized carbons (Fsp3) is 0.455. The highest BCUT2D eigenvalue weighted by atomic mass is 16.5. The number of hydrogen-bond acceptors (Lipinski definition) is 6. The van der Waals surface area contributed by atoms with Gasteiger partial charge in [0.25, 0.3) is 5.91 Å². The molecule has 1 aromatic carbocycles. The molecular weight excluding hydrogens is 382 g/mol. The van der Waals surface area contributed by atoms with Crippen LogP contribution in [0.3, 0.4) is 0 Å². The maximum atomic E-state index is 13.6. The van der Waals surface area contributed by atoms with Crippen molar-refractivity contribution in [2.45, 2.75) is 31.1 Å². The molecule has 0 N–H and O–H groups in total. The Morgan fingerprint density at radius 2 is 1.83 bits per heavy atom. The predicted molar refractivity (Wildman–Crippen MR) is 108 cm³/mol. The van der Waals surface area contributed by atoms with Crippen LogP contribution in [-0.2, 0) is 16.1 Å². The van der Waals surface area contributed by atoms with E-state index in [2.05, 4.69) is 27.0 Å². The van der Waals surface area contributed by atoms with Gasteiger partial charge in [0.1, 0.15) is 18.0 Å². The molecule has 0 aliphatic carbocycles. The average Bonchev–Trinajstić information content (AvgIpc) is 3.02. The summed E-state index contributed by atoms with van der Waals surface area (Å²) in [4.78, 5) is 40.5. The van der Waals surface area contributed by atoms with Gasteiger partial charge in [0.15, 0.2) is 0 Å². The third-order valence-corrected chi connectivity index (χ3v) is 6.54. The lowest BCUT2D eigenvalue weighted by Gasteiger charge is -2.49. The largest absolute Gasteiger partial charge is 0.381 e. The van der Waals surface area contributed by atoms with Crippen LogP contribution >= 0.6 is 0 Å². The molecule has 30 heavy (non-hydrogen) atoms. The first-order valence-electron chi connectivity index (χ1n) is 10.4. The summed E-state index contributed by atoms with van der Waals surface area (Å²) in [5.41, 5.74) is 1.24. The molecular formula is C22H25N5O3. The normalized spacial score (nSPS) is 23.6. The van der Waals surface area contributed by atoms with Crippen LogP contribution in [-0.4, -0.2) is 81.0 Å². The summed E-state index contributed by atoms with van der Waals surface area (Å²) in [6, 6.07) is 9.78. The van der Waals surface area contributed by atoms with Crippen molar-refractivity contribution in [3.05, 3.63) is 60.2 Å². The van der Waals surface area contributed by atoms with E-state index >= 15 is 0 Å². The Kier molecular flexibility index (Phi) is 4.96. The lowest BCUT2D eigenvalue weighted by Crippen LogP contribution is -2.62. The van der Waals surface area contributed by atoms with Gasteiger partial charge in [-0.05, 0) is 5.56 Å². The molecule has 8 heteroatoms. The van der Waals surface area contributed by atoms with Crippen LogP contribution in [0.25, 0.3) is 0 Å². The van der Waals surface area contributed by atoms with Crippen molar-refractivity contribution in [1.82, 2.24) is 24.7 Å². The fourth-order valence-electron chi connectivity index (χ4n) is 5.06. The van der Waals surface area contributed by atoms with Gasteiger partial charge in [-0.3, -0.25) is 14.5 Å². The topological polar surface area (TPSA) is 78.9 Å². The second kappa shape index (κ2) is 7.77. The van der Waals surface area contributed by atoms with E-state index < -0.39 is 0 Å². The van der Waals surface area contributed by atoms with Crippen LogP contribution in [0.2, 0.25) is 0 Å². The molecule has 1 atom stereocenters. The number of ether oxygens (including phenoxy) is 1. The number of carbonyl (C=O) groups excluding carboxylic acids is 2. The van der Waals surface area contributed by atoms with Crippen molar-refractivity contribution in [2.75, 3.05) is 32.8 Å². The van der Waals surface area contributed by atoms with Crippen molar-refractivity contribution < 1.29 is 14.3 Å². The lowest BCUT2D eigenvalue weighted by molar-refractivity contribution is -0.137. The number of carbonyl (C=O) groups is 2. The predicted octanol–water partition coefficient (Wildman–Crippen LogP) is 1.15. The van der Waals surface area contributed by atoms with E-state index in [0.29, 0.717) is 45.0 Å². The molecule has 2 amide bonds. The van der Waals surface area contributed by atoms with Crippen LogP contribution in [0.5, 0.6) is 0 Å². The Morgan fingerprint density at radius 1 is 1.10 bits per heavy atom. The molecule has 0 unspecified atom stereocenters. The molecule has 3 aliphatic rings. The Balaban J connectivity index is 1.42. The van der Waals surface area contributed by atoms with Crippen LogP contribution < -0.4 is 0 Å². The van der Waals surface area contributed by atoms with Crippen molar-refractivity contribution in [3.63, 3.8) is 0 Å². The van der Waals surface area contributed by atoms with Crippen molar-refractivity contribution in [3.8, 4) is 0 Å². The first-order valence-corrected chi connectivity index (χ1v) is 10.4. The van der Waals surface area contributed by atoms with Crippen molar-refractivity contribution in [1.29, 1.82) is 0 Å². The van der Waals surface area contributed by atoms with E-state index in [0.717, 1.165) is 18.4 Å². The van der Waals surface area contributed by atoms with Crippen LogP contribution in [0.1, 0.15) is 28.8 Å². The van der Waals surface area contributed by atoms with E-state index in [1.165, 1.54) is 18.7 Å². The zero-order valence-corrected chi connectivity index (χ0v) is 16.8. The maximum absolute atomic E-state index is 13.6. The van der Waals surface area contributed by atoms with Gasteiger partial charge in [-0.1, -0.05) is 30.3 Å². The summed E-state index contributed by atoms with van der Waals surface area (Å²) < 4.78 is 5.64. The fourth-order valence-corrected chi connectivity index (χ4v) is 5.06. The molecule has 4 heterocycles. The molecule has 3 saturated heterocycles. The van der Waals surface area contributed by atoms with Gasteiger partial charge in [-0.2, -0.15) is 0 Å². The summed E-state index contributed by atoms with van der Waals surface area (Å²) in [6.45, 7) is 3.51. The molecule has 2 aromatic rings. The third kappa shape index (κ3) is 3.16. The average molecular weight is 407 g/mol. The highest BCUT2D eigenvalue weighted by molar-refractivity contribution is 5.94. The molecule has 156 valence electrons. The number of piperazine rings is 1. The molecule has 1 aromatic heterocycles. The molecule has 0 saturated carbocycles. The molecule has 5 rings (SSSR count). The standard InChI is InChI=1S/C22H25N5O3/c28-20(18-12-23-16-24-13-18)25-8-9-26-19(15-25)21(29)27(14-17-4-2-1-3-5-17)22(26)6-10-30-11-7-22/h1-5,12-13,16,19H,6-11,14-15H2/t19-/m1/s1. The lowest BCUT2D eigenvalue weighted by atomic mass is 9.96. The number of hydrogen-bond donors (Lipinski definition) is 0. The van der Waals surface area contributed by atoms with Crippen LogP contribution in [0.4, 0.5) is 0 Å². The highest BCUT2D eigenvalue weighted by Gasteiger charge is 2.58. The molecule has 8 nitrogen and oxygen atoms in total. The number of fused-ring (bicyclic) bond motifs is 2. The minimum atomic E-state index is -0.333. The van der Waals surface area contributed by atoms with Gasteiger partial charge in [0, 0.05) is 51.4 Å². The summed E-state index contributed by atoms with van der Waals surface area (Å²) in [7, 11) is 0. The van der Waals surface area contributed by atoms with Crippen molar-refractivity contribution in [2.24, 2.45) is 0 Å². The van der Waals surface area contributed by atoms with Gasteiger partial charge >= 0.3 is 0 Å². The van der Waals surface area contributed by atoms with E-state index in [4.69, 9.17) is 4.74 Å². The van der Waals surface area contributed by atoms with Gasteiger partial charge in [-0.25, -0.2) is 9.97 Å². The van der Waals surface area contributed by atoms with E-state index in [-0.39, 0.29) is 23.5 Å². The van der Waals surface area contributed by atoms with Crippen LogP contribution in [0.15, 0.2) is 49.1 Å². The molecule has 0 bridgehead atoms. The van der Waals surface area contributed by atoms with Gasteiger partial charge in [0.05, 0.1) is 18.8 Å². The minimum Gasteiger partial charge on any atom is -0.381 e. The molecule has 3 fully saturated rings. The minimum absolute atomic E-state index is 0.0996. The summed E-state index contributed by atoms with van der Waals surface area (Å²) in [5.74, 6) is -0.0202. The Morgan fingerprint density at radius 3 is 2.57 bits per heavy atom. The Labute approximate surface area is 175 Å². The summed E-state index contributed by atoms with van der Waals surface area (Å²) in [5, 5.41) is 0. The number of amides is 2. The van der Waals surface area contributed by atoms with E-state index in [1.807, 2.05) is 23.1 Å². The SMILES string of the molecule is O=C(c1cncnc1)N1CCN2[C@H](C1)C(=O)N(Cc1ccccc1)C21CCOCC1. The smallest absolute Gasteiger partial charge is 0.257 e. The second-order valence-electron chi connectivity index (χ2n) is 8.09. The quantitative estimate of drug-likeness (QED) is 0.760. The van der Waals surface area contributed by atoms with Crippen LogP contribution in [0, 0.1) is 0 Å². The van der Waals surface area contributed by atoms with Gasteiger partial charge < -0.3 is 14.5 Å². The molecule has 3 aliphatic heterocycles. The van der Waals surface area contributed by atoms with Crippen molar-refractivity contribution >= 4 is 11.8 Å². The third-order valence-electron chi connectivity index (χ3n) is 6.54. The first kappa shape index (κ1) is 19.1. The Bertz CT molecular complexity index is 917. The van der Waals surface area contributed by atoms with Gasteiger partial charge in [0.2, 0.25) is 5.91 Å². The van der Waals surface area contributed by atoms with E-state index in [1.54, 1.807) is 4.90 Å². The second-order valence-corrected chi connectivity index (χ2v) is 8.09. The number of aromatic nitrogens is 2.